The lowest BCUT2D eigenvalue weighted by Crippen LogP contribution is -2.10. The maximum absolute atomic E-state index is 8.86. The summed E-state index contributed by atoms with van der Waals surface area (Å²) in [6.45, 7) is 7.28. The number of aryl methyl sites for hydroxylation is 1. The smallest absolute Gasteiger partial charge is 0.123 e. The van der Waals surface area contributed by atoms with Gasteiger partial charge < -0.3 is 9.47 Å². The SMILES string of the molecule is Cc1ccc(C(C)C)c(OCCOc2cccc(C#N)c2)c1. The van der Waals surface area contributed by atoms with E-state index in [1.54, 1.807) is 12.1 Å². The Kier molecular flexibility index (Phi) is 5.43. The topological polar surface area (TPSA) is 42.2 Å². The molecule has 2 aromatic rings. The summed E-state index contributed by atoms with van der Waals surface area (Å²) in [4.78, 5) is 0. The predicted octanol–water partition coefficient (Wildman–Crippen LogP) is 4.45. The molecule has 0 saturated carbocycles. The highest BCUT2D eigenvalue weighted by molar-refractivity contribution is 5.39. The zero-order chi connectivity index (χ0) is 15.9. The van der Waals surface area contributed by atoms with Crippen molar-refractivity contribution >= 4 is 0 Å². The van der Waals surface area contributed by atoms with E-state index in [-0.39, 0.29) is 0 Å². The van der Waals surface area contributed by atoms with Gasteiger partial charge in [0.1, 0.15) is 24.7 Å². The first-order chi connectivity index (χ1) is 10.6. The van der Waals surface area contributed by atoms with Crippen LogP contribution in [0.1, 0.15) is 36.5 Å². The van der Waals surface area contributed by atoms with Crippen molar-refractivity contribution in [2.45, 2.75) is 26.7 Å². The molecule has 0 aliphatic heterocycles. The molecule has 0 amide bonds. The van der Waals surface area contributed by atoms with E-state index < -0.39 is 0 Å². The molecule has 0 saturated heterocycles. The van der Waals surface area contributed by atoms with Crippen LogP contribution in [0.3, 0.4) is 0 Å². The number of nitriles is 1. The predicted molar refractivity (Wildman–Crippen MR) is 87.4 cm³/mol. The fraction of sp³-hybridized carbons (Fsp3) is 0.316. The third-order valence-corrected chi connectivity index (χ3v) is 3.36. The molecule has 2 aromatic carbocycles. The first-order valence-electron chi connectivity index (χ1n) is 7.46. The Labute approximate surface area is 132 Å². The van der Waals surface area contributed by atoms with Gasteiger partial charge in [0, 0.05) is 0 Å². The Balaban J connectivity index is 1.91. The van der Waals surface area contributed by atoms with Crippen molar-refractivity contribution in [3.8, 4) is 17.6 Å². The number of benzene rings is 2. The van der Waals surface area contributed by atoms with E-state index >= 15 is 0 Å². The van der Waals surface area contributed by atoms with Gasteiger partial charge in [0.2, 0.25) is 0 Å². The van der Waals surface area contributed by atoms with Crippen LogP contribution in [0, 0.1) is 18.3 Å². The van der Waals surface area contributed by atoms with E-state index in [9.17, 15) is 0 Å². The van der Waals surface area contributed by atoms with E-state index in [1.807, 2.05) is 12.1 Å². The summed E-state index contributed by atoms with van der Waals surface area (Å²) in [6.07, 6.45) is 0. The summed E-state index contributed by atoms with van der Waals surface area (Å²) in [5.74, 6) is 2.03. The van der Waals surface area contributed by atoms with Crippen molar-refractivity contribution in [2.24, 2.45) is 0 Å². The third-order valence-electron chi connectivity index (χ3n) is 3.36. The van der Waals surface area contributed by atoms with Crippen molar-refractivity contribution in [1.29, 1.82) is 5.26 Å². The van der Waals surface area contributed by atoms with E-state index in [4.69, 9.17) is 14.7 Å². The van der Waals surface area contributed by atoms with Gasteiger partial charge in [-0.2, -0.15) is 5.26 Å². The van der Waals surface area contributed by atoms with Crippen LogP contribution in [0.5, 0.6) is 11.5 Å². The van der Waals surface area contributed by atoms with Gasteiger partial charge in [-0.3, -0.25) is 0 Å². The molecule has 0 N–H and O–H groups in total. The van der Waals surface area contributed by atoms with Gasteiger partial charge >= 0.3 is 0 Å². The highest BCUT2D eigenvalue weighted by Gasteiger charge is 2.08. The molecule has 0 unspecified atom stereocenters. The van der Waals surface area contributed by atoms with Gasteiger partial charge in [-0.25, -0.2) is 0 Å². The highest BCUT2D eigenvalue weighted by atomic mass is 16.5. The number of ether oxygens (including phenoxy) is 2. The molecule has 0 heterocycles. The van der Waals surface area contributed by atoms with Crippen LogP contribution in [-0.2, 0) is 0 Å². The Hall–Kier alpha value is -2.47. The van der Waals surface area contributed by atoms with E-state index in [1.165, 1.54) is 11.1 Å². The fourth-order valence-electron chi connectivity index (χ4n) is 2.21. The number of nitrogens with zero attached hydrogens (tertiary/aromatic N) is 1. The second-order valence-corrected chi connectivity index (χ2v) is 5.53. The Morgan fingerprint density at radius 2 is 1.82 bits per heavy atom. The highest BCUT2D eigenvalue weighted by Crippen LogP contribution is 2.27. The fourth-order valence-corrected chi connectivity index (χ4v) is 2.21. The number of hydrogen-bond donors (Lipinski definition) is 0. The Morgan fingerprint density at radius 3 is 2.55 bits per heavy atom. The summed E-state index contributed by atoms with van der Waals surface area (Å²) in [5.41, 5.74) is 2.98. The summed E-state index contributed by atoms with van der Waals surface area (Å²) < 4.78 is 11.5. The van der Waals surface area contributed by atoms with Gasteiger partial charge in [-0.1, -0.05) is 32.0 Å². The molecule has 3 heteroatoms. The van der Waals surface area contributed by atoms with E-state index in [2.05, 4.69) is 45.0 Å². The van der Waals surface area contributed by atoms with Crippen molar-refractivity contribution in [2.75, 3.05) is 13.2 Å². The second kappa shape index (κ2) is 7.51. The van der Waals surface area contributed by atoms with Gasteiger partial charge in [-0.15, -0.1) is 0 Å². The molecule has 0 fully saturated rings. The van der Waals surface area contributed by atoms with Crippen LogP contribution >= 0.6 is 0 Å². The Bertz CT molecular complexity index is 671. The van der Waals surface area contributed by atoms with Crippen LogP contribution in [0.15, 0.2) is 42.5 Å². The van der Waals surface area contributed by atoms with Crippen LogP contribution < -0.4 is 9.47 Å². The molecule has 0 atom stereocenters. The molecule has 3 nitrogen and oxygen atoms in total. The Morgan fingerprint density at radius 1 is 1.05 bits per heavy atom. The molecule has 0 aliphatic carbocycles. The lowest BCUT2D eigenvalue weighted by atomic mass is 10.0. The monoisotopic (exact) mass is 295 g/mol. The maximum atomic E-state index is 8.86. The molecule has 0 spiro atoms. The molecule has 114 valence electrons. The quantitative estimate of drug-likeness (QED) is 0.739. The molecule has 22 heavy (non-hydrogen) atoms. The molecular weight excluding hydrogens is 274 g/mol. The van der Waals surface area contributed by atoms with Gasteiger partial charge in [-0.05, 0) is 48.2 Å². The van der Waals surface area contributed by atoms with Crippen molar-refractivity contribution in [1.82, 2.24) is 0 Å². The molecule has 2 rings (SSSR count). The first kappa shape index (κ1) is 15.9. The third kappa shape index (κ3) is 4.26. The summed E-state index contributed by atoms with van der Waals surface area (Å²) in [7, 11) is 0. The number of hydrogen-bond acceptors (Lipinski definition) is 3. The molecular formula is C19H21NO2. The van der Waals surface area contributed by atoms with Crippen LogP contribution in [-0.4, -0.2) is 13.2 Å². The minimum absolute atomic E-state index is 0.420. The minimum Gasteiger partial charge on any atom is -0.490 e. The van der Waals surface area contributed by atoms with Crippen LogP contribution in [0.2, 0.25) is 0 Å². The normalized spacial score (nSPS) is 10.3. The van der Waals surface area contributed by atoms with E-state index in [0.717, 1.165) is 5.75 Å². The van der Waals surface area contributed by atoms with Crippen molar-refractivity contribution in [3.05, 3.63) is 59.2 Å². The molecule has 0 aromatic heterocycles. The second-order valence-electron chi connectivity index (χ2n) is 5.53. The molecule has 0 bridgehead atoms. The summed E-state index contributed by atoms with van der Waals surface area (Å²) in [5, 5.41) is 8.86. The minimum atomic E-state index is 0.420. The van der Waals surface area contributed by atoms with Crippen molar-refractivity contribution in [3.63, 3.8) is 0 Å². The van der Waals surface area contributed by atoms with Gasteiger partial charge in [0.05, 0.1) is 11.6 Å². The van der Waals surface area contributed by atoms with E-state index in [0.29, 0.717) is 30.4 Å². The maximum Gasteiger partial charge on any atom is 0.123 e. The lowest BCUT2D eigenvalue weighted by molar-refractivity contribution is 0.215. The van der Waals surface area contributed by atoms with Gasteiger partial charge in [0.25, 0.3) is 0 Å². The zero-order valence-corrected chi connectivity index (χ0v) is 13.3. The summed E-state index contributed by atoms with van der Waals surface area (Å²) >= 11 is 0. The summed E-state index contributed by atoms with van der Waals surface area (Å²) in [6, 6.07) is 15.5. The van der Waals surface area contributed by atoms with Crippen molar-refractivity contribution < 1.29 is 9.47 Å². The standard InChI is InChI=1S/C19H21NO2/c1-14(2)18-8-7-15(3)11-19(18)22-10-9-21-17-6-4-5-16(12-17)13-20/h4-8,11-12,14H,9-10H2,1-3H3. The number of rotatable bonds is 6. The average Bonchev–Trinajstić information content (AvgIpc) is 2.51. The molecule has 0 radical (unpaired) electrons. The van der Waals surface area contributed by atoms with Gasteiger partial charge in [0.15, 0.2) is 0 Å². The zero-order valence-electron chi connectivity index (χ0n) is 13.3. The average molecular weight is 295 g/mol. The first-order valence-corrected chi connectivity index (χ1v) is 7.46. The lowest BCUT2D eigenvalue weighted by Gasteiger charge is -2.15. The molecule has 0 aliphatic rings. The largest absolute Gasteiger partial charge is 0.490 e. The van der Waals surface area contributed by atoms with Crippen LogP contribution in [0.4, 0.5) is 0 Å². The van der Waals surface area contributed by atoms with Crippen LogP contribution in [0.25, 0.3) is 0 Å².